The molecule has 3 aromatic rings. The first-order valence-corrected chi connectivity index (χ1v) is 7.35. The normalized spacial score (nSPS) is 17.2. The Morgan fingerprint density at radius 2 is 1.57 bits per heavy atom. The van der Waals surface area contributed by atoms with E-state index in [2.05, 4.69) is 83.8 Å². The largest absolute Gasteiger partial charge is 0.288 e. The van der Waals surface area contributed by atoms with Crippen molar-refractivity contribution in [3.05, 3.63) is 77.9 Å². The molecule has 2 nitrogen and oxygen atoms in total. The lowest BCUT2D eigenvalue weighted by molar-refractivity contribution is 0.672. The number of para-hydroxylation sites is 1. The van der Waals surface area contributed by atoms with E-state index >= 15 is 0 Å². The van der Waals surface area contributed by atoms with Crippen LogP contribution in [0.4, 0.5) is 5.69 Å². The van der Waals surface area contributed by atoms with Gasteiger partial charge in [0.15, 0.2) is 0 Å². The molecule has 1 heterocycles. The molecule has 1 fully saturated rings. The van der Waals surface area contributed by atoms with E-state index < -0.39 is 0 Å². The summed E-state index contributed by atoms with van der Waals surface area (Å²) in [4.78, 5) is 0. The van der Waals surface area contributed by atoms with Crippen molar-refractivity contribution in [1.82, 2.24) is 5.01 Å². The van der Waals surface area contributed by atoms with Crippen molar-refractivity contribution in [2.45, 2.75) is 6.42 Å². The topological polar surface area (TPSA) is 6.02 Å². The van der Waals surface area contributed by atoms with Crippen molar-refractivity contribution >= 4 is 16.5 Å². The first-order valence-electron chi connectivity index (χ1n) is 7.35. The highest BCUT2D eigenvalue weighted by molar-refractivity contribution is 5.83. The van der Waals surface area contributed by atoms with Crippen LogP contribution in [0.15, 0.2) is 66.7 Å². The van der Waals surface area contributed by atoms with E-state index in [0.717, 1.165) is 13.1 Å². The first-order chi connectivity index (χ1) is 10.3. The number of nitrogens with zero attached hydrogens (tertiary/aromatic N) is 2. The highest BCUT2D eigenvalue weighted by Crippen LogP contribution is 2.30. The Morgan fingerprint density at radius 1 is 0.857 bits per heavy atom. The third-order valence-corrected chi connectivity index (χ3v) is 4.14. The molecule has 1 aliphatic rings. The lowest BCUT2D eigenvalue weighted by Gasteiger charge is -2.11. The van der Waals surface area contributed by atoms with Crippen molar-refractivity contribution < 1.29 is 0 Å². The Morgan fingerprint density at radius 3 is 2.38 bits per heavy atom. The monoisotopic (exact) mass is 274 g/mol. The lowest BCUT2D eigenvalue weighted by atomic mass is 10.00. The number of benzene rings is 3. The Kier molecular flexibility index (Phi) is 2.90. The van der Waals surface area contributed by atoms with Gasteiger partial charge in [0.05, 0.1) is 5.69 Å². The summed E-state index contributed by atoms with van der Waals surface area (Å²) in [5.74, 6) is 0. The van der Waals surface area contributed by atoms with Crippen molar-refractivity contribution in [1.29, 1.82) is 0 Å². The van der Waals surface area contributed by atoms with Crippen LogP contribution in [-0.2, 0) is 6.42 Å². The van der Waals surface area contributed by atoms with Crippen LogP contribution in [0.5, 0.6) is 0 Å². The summed E-state index contributed by atoms with van der Waals surface area (Å²) in [5.41, 5.74) is 4.08. The first kappa shape index (κ1) is 12.4. The van der Waals surface area contributed by atoms with E-state index in [1.54, 1.807) is 0 Å². The molecular weight excluding hydrogens is 256 g/mol. The van der Waals surface area contributed by atoms with Gasteiger partial charge >= 0.3 is 0 Å². The number of anilines is 1. The summed E-state index contributed by atoms with van der Waals surface area (Å²) in [6, 6.07) is 24.0. The SMILES string of the molecule is C[N@@]1CN1c1ccccc1Cc1ccc2ccccc2c1. The molecule has 0 aliphatic carbocycles. The molecule has 0 aromatic heterocycles. The Bertz CT molecular complexity index is 794. The third-order valence-electron chi connectivity index (χ3n) is 4.14. The van der Waals surface area contributed by atoms with Gasteiger partial charge in [0.2, 0.25) is 0 Å². The molecule has 3 aromatic carbocycles. The number of hydrazine groups is 1. The molecule has 0 amide bonds. The maximum atomic E-state index is 2.30. The average Bonchev–Trinajstić information content (AvgIpc) is 3.24. The third kappa shape index (κ3) is 2.39. The summed E-state index contributed by atoms with van der Waals surface area (Å²) in [7, 11) is 2.12. The molecule has 0 bridgehead atoms. The Labute approximate surface area is 125 Å². The average molecular weight is 274 g/mol. The van der Waals surface area contributed by atoms with Gasteiger partial charge in [0.25, 0.3) is 0 Å². The summed E-state index contributed by atoms with van der Waals surface area (Å²) in [6.07, 6.45) is 0.978. The molecule has 21 heavy (non-hydrogen) atoms. The fraction of sp³-hybridized carbons (Fsp3) is 0.158. The minimum atomic E-state index is 0.978. The van der Waals surface area contributed by atoms with Crippen LogP contribution in [0.25, 0.3) is 10.8 Å². The van der Waals surface area contributed by atoms with Crippen LogP contribution >= 0.6 is 0 Å². The van der Waals surface area contributed by atoms with Gasteiger partial charge < -0.3 is 0 Å². The predicted octanol–water partition coefficient (Wildman–Crippen LogP) is 4.05. The molecule has 0 N–H and O–H groups in total. The van der Waals surface area contributed by atoms with E-state index in [-0.39, 0.29) is 0 Å². The fourth-order valence-electron chi connectivity index (χ4n) is 2.91. The number of hydrogen-bond acceptors (Lipinski definition) is 2. The molecule has 4 rings (SSSR count). The van der Waals surface area contributed by atoms with Crippen LogP contribution < -0.4 is 5.01 Å². The van der Waals surface area contributed by atoms with Crippen LogP contribution in [-0.4, -0.2) is 18.7 Å². The van der Waals surface area contributed by atoms with E-state index in [0.29, 0.717) is 0 Å². The van der Waals surface area contributed by atoms with Gasteiger partial charge in [0, 0.05) is 7.05 Å². The molecular formula is C19H18N2. The molecule has 0 unspecified atom stereocenters. The highest BCUT2D eigenvalue weighted by atomic mass is 15.8. The zero-order valence-corrected chi connectivity index (χ0v) is 12.2. The zero-order chi connectivity index (χ0) is 14.2. The standard InChI is InChI=1S/C19H18N2/c1-20-14-21(20)19-9-5-4-8-18(19)13-15-10-11-16-6-2-3-7-17(16)12-15/h2-12H,13-14H2,1H3/t20-,21?/m0/s1. The second kappa shape index (κ2) is 4.90. The van der Waals surface area contributed by atoms with Crippen molar-refractivity contribution in [3.8, 4) is 0 Å². The van der Waals surface area contributed by atoms with Gasteiger partial charge in [-0.15, -0.1) is 0 Å². The maximum Gasteiger partial charge on any atom is 0.104 e. The fourth-order valence-corrected chi connectivity index (χ4v) is 2.91. The molecule has 0 saturated carbocycles. The number of hydrogen-bond donors (Lipinski definition) is 0. The highest BCUT2D eigenvalue weighted by Gasteiger charge is 2.28. The summed E-state index contributed by atoms with van der Waals surface area (Å²) in [6.45, 7) is 1.02. The lowest BCUT2D eigenvalue weighted by Crippen LogP contribution is -2.03. The Hall–Kier alpha value is -2.32. The Balaban J connectivity index is 1.68. The molecule has 0 spiro atoms. The van der Waals surface area contributed by atoms with Crippen LogP contribution in [0.3, 0.4) is 0 Å². The van der Waals surface area contributed by atoms with Crippen molar-refractivity contribution in [3.63, 3.8) is 0 Å². The van der Waals surface area contributed by atoms with Gasteiger partial charge in [-0.05, 0) is 34.4 Å². The molecule has 1 atom stereocenters. The zero-order valence-electron chi connectivity index (χ0n) is 12.2. The minimum absolute atomic E-state index is 0.978. The summed E-state index contributed by atoms with van der Waals surface area (Å²) in [5, 5.41) is 7.15. The molecule has 0 radical (unpaired) electrons. The van der Waals surface area contributed by atoms with Gasteiger partial charge in [0.1, 0.15) is 6.67 Å². The van der Waals surface area contributed by atoms with Gasteiger partial charge in [-0.2, -0.15) is 0 Å². The van der Waals surface area contributed by atoms with Crippen LogP contribution in [0.1, 0.15) is 11.1 Å². The van der Waals surface area contributed by atoms with E-state index in [1.165, 1.54) is 27.6 Å². The smallest absolute Gasteiger partial charge is 0.104 e. The molecule has 1 saturated heterocycles. The second-order valence-corrected chi connectivity index (χ2v) is 5.69. The minimum Gasteiger partial charge on any atom is -0.288 e. The van der Waals surface area contributed by atoms with E-state index in [1.807, 2.05) is 0 Å². The summed E-state index contributed by atoms with van der Waals surface area (Å²) >= 11 is 0. The van der Waals surface area contributed by atoms with Gasteiger partial charge in [-0.1, -0.05) is 60.7 Å². The summed E-state index contributed by atoms with van der Waals surface area (Å²) < 4.78 is 0. The van der Waals surface area contributed by atoms with Crippen molar-refractivity contribution in [2.24, 2.45) is 0 Å². The van der Waals surface area contributed by atoms with Crippen molar-refractivity contribution in [2.75, 3.05) is 18.7 Å². The molecule has 2 heteroatoms. The van der Waals surface area contributed by atoms with Gasteiger partial charge in [-0.3, -0.25) is 5.01 Å². The number of fused-ring (bicyclic) bond motifs is 1. The van der Waals surface area contributed by atoms with Gasteiger partial charge in [-0.25, -0.2) is 5.01 Å². The predicted molar refractivity (Wildman–Crippen MR) is 88.3 cm³/mol. The van der Waals surface area contributed by atoms with Crippen LogP contribution in [0.2, 0.25) is 0 Å². The van der Waals surface area contributed by atoms with E-state index in [4.69, 9.17) is 0 Å². The number of rotatable bonds is 3. The molecule has 104 valence electrons. The quantitative estimate of drug-likeness (QED) is 0.664. The second-order valence-electron chi connectivity index (χ2n) is 5.69. The van der Waals surface area contributed by atoms with Crippen LogP contribution in [0, 0.1) is 0 Å². The molecule has 1 aliphatic heterocycles. The maximum absolute atomic E-state index is 2.30. The van der Waals surface area contributed by atoms with E-state index in [9.17, 15) is 0 Å².